The fourth-order valence-electron chi connectivity index (χ4n) is 0.568. The van der Waals surface area contributed by atoms with Gasteiger partial charge in [0.15, 0.2) is 5.06 Å². The lowest BCUT2D eigenvalue weighted by Crippen LogP contribution is -2.00. The van der Waals surface area contributed by atoms with Gasteiger partial charge in [0.05, 0.1) is 4.47 Å². The van der Waals surface area contributed by atoms with Crippen LogP contribution in [-0.4, -0.2) is 6.61 Å². The van der Waals surface area contributed by atoms with E-state index in [0.29, 0.717) is 9.35 Å². The molecule has 0 N–H and O–H groups in total. The summed E-state index contributed by atoms with van der Waals surface area (Å²) in [4.78, 5) is 0.331. The molecule has 12 heavy (non-hydrogen) atoms. The van der Waals surface area contributed by atoms with Crippen molar-refractivity contribution in [1.82, 2.24) is 0 Å². The summed E-state index contributed by atoms with van der Waals surface area (Å²) in [5, 5.41) is 8.44. The lowest BCUT2D eigenvalue weighted by molar-refractivity contribution is -0.0476. The number of nitrogens with zero attached hydrogens (tertiary/aromatic N) is 1. The van der Waals surface area contributed by atoms with Crippen LogP contribution in [0.3, 0.4) is 0 Å². The second kappa shape index (κ2) is 3.83. The molecule has 1 aromatic rings. The Balaban J connectivity index is 2.86. The van der Waals surface area contributed by atoms with E-state index in [-0.39, 0.29) is 5.06 Å². The molecule has 64 valence electrons. The maximum atomic E-state index is 11.7. The maximum absolute atomic E-state index is 11.7. The topological polar surface area (TPSA) is 33.0 Å². The molecule has 1 aromatic heterocycles. The van der Waals surface area contributed by atoms with Gasteiger partial charge < -0.3 is 4.74 Å². The van der Waals surface area contributed by atoms with Gasteiger partial charge in [-0.3, -0.25) is 0 Å². The first kappa shape index (κ1) is 9.42. The highest BCUT2D eigenvalue weighted by molar-refractivity contribution is 9.10. The molecule has 0 aliphatic rings. The fourth-order valence-corrected chi connectivity index (χ4v) is 1.98. The van der Waals surface area contributed by atoms with Crippen molar-refractivity contribution >= 4 is 27.3 Å². The Hall–Kier alpha value is -0.670. The normalized spacial score (nSPS) is 9.92. The van der Waals surface area contributed by atoms with E-state index in [1.807, 2.05) is 6.07 Å². The molecule has 1 heterocycles. The quantitative estimate of drug-likeness (QED) is 0.812. The lowest BCUT2D eigenvalue weighted by Gasteiger charge is -1.99. The van der Waals surface area contributed by atoms with Crippen molar-refractivity contribution in [2.75, 3.05) is 0 Å². The molecule has 0 fully saturated rings. The average Bonchev–Trinajstić information content (AvgIpc) is 2.31. The van der Waals surface area contributed by atoms with Gasteiger partial charge in [-0.25, -0.2) is 0 Å². The summed E-state index contributed by atoms with van der Waals surface area (Å²) in [5.41, 5.74) is 0. The standard InChI is InChI=1S/C6H2BrF2NOS/c7-4-1-3(2-10)12-5(4)11-6(8)9/h1,6H. The molecule has 0 spiro atoms. The predicted molar refractivity (Wildman–Crippen MR) is 43.4 cm³/mol. The predicted octanol–water partition coefficient (Wildman–Crippen LogP) is 2.98. The van der Waals surface area contributed by atoms with Crippen LogP contribution in [0.2, 0.25) is 0 Å². The average molecular weight is 254 g/mol. The van der Waals surface area contributed by atoms with Crippen molar-refractivity contribution in [3.63, 3.8) is 0 Å². The Morgan fingerprint density at radius 1 is 1.67 bits per heavy atom. The summed E-state index contributed by atoms with van der Waals surface area (Å²) in [7, 11) is 0. The Morgan fingerprint density at radius 3 is 2.75 bits per heavy atom. The molecule has 6 heteroatoms. The van der Waals surface area contributed by atoms with E-state index in [4.69, 9.17) is 5.26 Å². The zero-order chi connectivity index (χ0) is 9.14. The van der Waals surface area contributed by atoms with Crippen molar-refractivity contribution in [3.8, 4) is 11.1 Å². The third-order valence-corrected chi connectivity index (χ3v) is 2.74. The largest absolute Gasteiger partial charge is 0.424 e. The summed E-state index contributed by atoms with van der Waals surface area (Å²) in [6.45, 7) is -2.86. The molecule has 0 atom stereocenters. The maximum Gasteiger partial charge on any atom is 0.388 e. The van der Waals surface area contributed by atoms with Crippen LogP contribution in [-0.2, 0) is 0 Å². The van der Waals surface area contributed by atoms with Crippen LogP contribution in [0.1, 0.15) is 4.88 Å². The molecular formula is C6H2BrF2NOS. The molecule has 0 radical (unpaired) electrons. The molecule has 0 unspecified atom stereocenters. The molecule has 0 saturated carbocycles. The number of hydrogen-bond acceptors (Lipinski definition) is 3. The number of rotatable bonds is 2. The second-order valence-corrected chi connectivity index (χ2v) is 3.61. The Labute approximate surface area is 79.5 Å². The number of nitriles is 1. The Morgan fingerprint density at radius 2 is 2.33 bits per heavy atom. The van der Waals surface area contributed by atoms with E-state index in [1.54, 1.807) is 0 Å². The Kier molecular flexibility index (Phi) is 3.00. The number of hydrogen-bond donors (Lipinski definition) is 0. The first-order valence-corrected chi connectivity index (χ1v) is 4.38. The third-order valence-electron chi connectivity index (χ3n) is 0.962. The number of alkyl halides is 2. The minimum absolute atomic E-state index is 0.0292. The van der Waals surface area contributed by atoms with E-state index < -0.39 is 6.61 Å². The number of thiophene rings is 1. The van der Waals surface area contributed by atoms with E-state index >= 15 is 0 Å². The number of ether oxygens (including phenoxy) is 1. The summed E-state index contributed by atoms with van der Waals surface area (Å²) < 4.78 is 27.9. The van der Waals surface area contributed by atoms with Gasteiger partial charge in [-0.05, 0) is 22.0 Å². The van der Waals surface area contributed by atoms with Crippen LogP contribution in [0.15, 0.2) is 10.5 Å². The van der Waals surface area contributed by atoms with Crippen LogP contribution in [0.4, 0.5) is 8.78 Å². The second-order valence-electron chi connectivity index (χ2n) is 1.74. The monoisotopic (exact) mass is 253 g/mol. The molecule has 0 aliphatic carbocycles. The van der Waals surface area contributed by atoms with Crippen molar-refractivity contribution in [2.45, 2.75) is 6.61 Å². The van der Waals surface area contributed by atoms with Crippen LogP contribution >= 0.6 is 27.3 Å². The van der Waals surface area contributed by atoms with E-state index in [2.05, 4.69) is 20.7 Å². The molecule has 2 nitrogen and oxygen atoms in total. The molecule has 0 amide bonds. The lowest BCUT2D eigenvalue weighted by atomic mass is 10.5. The molecule has 0 saturated heterocycles. The molecule has 1 rings (SSSR count). The van der Waals surface area contributed by atoms with Gasteiger partial charge in [0.2, 0.25) is 0 Å². The summed E-state index contributed by atoms with van der Waals surface area (Å²) in [6.07, 6.45) is 0. The van der Waals surface area contributed by atoms with Crippen molar-refractivity contribution in [1.29, 1.82) is 5.26 Å². The van der Waals surface area contributed by atoms with Crippen LogP contribution in [0.25, 0.3) is 0 Å². The van der Waals surface area contributed by atoms with Gasteiger partial charge >= 0.3 is 6.61 Å². The molecule has 0 aliphatic heterocycles. The van der Waals surface area contributed by atoms with Crippen LogP contribution in [0.5, 0.6) is 5.06 Å². The van der Waals surface area contributed by atoms with Crippen molar-refractivity contribution in [3.05, 3.63) is 15.4 Å². The number of halogens is 3. The summed E-state index contributed by atoms with van der Waals surface area (Å²) in [5.74, 6) is 0. The van der Waals surface area contributed by atoms with Crippen LogP contribution in [0, 0.1) is 11.3 Å². The van der Waals surface area contributed by atoms with E-state index in [9.17, 15) is 8.78 Å². The summed E-state index contributed by atoms with van der Waals surface area (Å²) in [6, 6.07) is 3.26. The van der Waals surface area contributed by atoms with Crippen molar-refractivity contribution in [2.24, 2.45) is 0 Å². The summed E-state index contributed by atoms with van der Waals surface area (Å²) >= 11 is 3.86. The van der Waals surface area contributed by atoms with Gasteiger partial charge in [-0.15, -0.1) is 0 Å². The van der Waals surface area contributed by atoms with Crippen LogP contribution < -0.4 is 4.74 Å². The van der Waals surface area contributed by atoms with Gasteiger partial charge in [-0.1, -0.05) is 11.3 Å². The van der Waals surface area contributed by atoms with Crippen molar-refractivity contribution < 1.29 is 13.5 Å². The fraction of sp³-hybridized carbons (Fsp3) is 0.167. The zero-order valence-corrected chi connectivity index (χ0v) is 7.95. The molecule has 0 aromatic carbocycles. The van der Waals surface area contributed by atoms with Gasteiger partial charge in [0.25, 0.3) is 0 Å². The van der Waals surface area contributed by atoms with E-state index in [0.717, 1.165) is 11.3 Å². The Bertz CT molecular complexity index is 320. The van der Waals surface area contributed by atoms with Gasteiger partial charge in [0, 0.05) is 0 Å². The SMILES string of the molecule is N#Cc1cc(Br)c(OC(F)F)s1. The zero-order valence-electron chi connectivity index (χ0n) is 5.55. The first-order valence-electron chi connectivity index (χ1n) is 2.77. The van der Waals surface area contributed by atoms with Gasteiger partial charge in [0.1, 0.15) is 10.9 Å². The highest BCUT2D eigenvalue weighted by atomic mass is 79.9. The minimum atomic E-state index is -2.86. The molecule has 0 bridgehead atoms. The third kappa shape index (κ3) is 2.16. The highest BCUT2D eigenvalue weighted by Gasteiger charge is 2.12. The minimum Gasteiger partial charge on any atom is -0.424 e. The highest BCUT2D eigenvalue weighted by Crippen LogP contribution is 2.35. The van der Waals surface area contributed by atoms with Gasteiger partial charge in [-0.2, -0.15) is 14.0 Å². The smallest absolute Gasteiger partial charge is 0.388 e. The molecular weight excluding hydrogens is 252 g/mol. The van der Waals surface area contributed by atoms with E-state index in [1.165, 1.54) is 6.07 Å². The first-order chi connectivity index (χ1) is 5.63.